The molecule has 0 amide bonds. The molecule has 0 bridgehead atoms. The summed E-state index contributed by atoms with van der Waals surface area (Å²) in [6, 6.07) is 6.46. The Labute approximate surface area is 103 Å². The summed E-state index contributed by atoms with van der Waals surface area (Å²) in [7, 11) is 2.03. The van der Waals surface area contributed by atoms with Crippen molar-refractivity contribution >= 4 is 11.5 Å². The largest absolute Gasteiger partial charge is 0.347 e. The number of carbonyl (C=O) groups excluding carboxylic acids is 1. The van der Waals surface area contributed by atoms with E-state index in [0.29, 0.717) is 0 Å². The molecule has 1 aromatic rings. The number of anilines is 1. The molecule has 0 radical (unpaired) electrons. The fraction of sp³-hybridized carbons (Fsp3) is 0.400. The average Bonchev–Trinajstić information content (AvgIpc) is 2.40. The molecule has 0 N–H and O–H groups in total. The monoisotopic (exact) mass is 229 g/mol. The van der Waals surface area contributed by atoms with E-state index >= 15 is 0 Å². The van der Waals surface area contributed by atoms with Gasteiger partial charge in [-0.2, -0.15) is 0 Å². The molecule has 0 saturated heterocycles. The molecule has 0 aromatic heterocycles. The van der Waals surface area contributed by atoms with Crippen molar-refractivity contribution in [2.75, 3.05) is 11.9 Å². The van der Waals surface area contributed by atoms with Gasteiger partial charge in [-0.25, -0.2) is 0 Å². The highest BCUT2D eigenvalue weighted by Crippen LogP contribution is 2.46. The van der Waals surface area contributed by atoms with Crippen molar-refractivity contribution in [1.82, 2.24) is 0 Å². The third kappa shape index (κ3) is 1.78. The van der Waals surface area contributed by atoms with Crippen LogP contribution < -0.4 is 4.90 Å². The van der Waals surface area contributed by atoms with Crippen molar-refractivity contribution in [2.24, 2.45) is 0 Å². The summed E-state index contributed by atoms with van der Waals surface area (Å²) >= 11 is 0. The van der Waals surface area contributed by atoms with Gasteiger partial charge in [0.1, 0.15) is 0 Å². The van der Waals surface area contributed by atoms with E-state index in [0.717, 1.165) is 5.70 Å². The number of hydrogen-bond acceptors (Lipinski definition) is 2. The minimum atomic E-state index is -0.0955. The van der Waals surface area contributed by atoms with E-state index in [-0.39, 0.29) is 11.2 Å². The lowest BCUT2D eigenvalue weighted by Gasteiger charge is -2.23. The number of likely N-dealkylation sites (N-methyl/N-ethyl adjacent to an activating group) is 1. The smallest absolute Gasteiger partial charge is 0.154 e. The van der Waals surface area contributed by atoms with Crippen LogP contribution in [0.3, 0.4) is 0 Å². The normalized spacial score (nSPS) is 19.6. The van der Waals surface area contributed by atoms with Crippen LogP contribution in [0.25, 0.3) is 0 Å². The molecule has 2 heteroatoms. The highest BCUT2D eigenvalue weighted by Gasteiger charge is 2.38. The number of carbonyl (C=O) groups is 1. The van der Waals surface area contributed by atoms with Crippen LogP contribution in [-0.2, 0) is 10.2 Å². The molecule has 2 rings (SSSR count). The number of allylic oxidation sites excluding steroid dienone is 2. The molecule has 0 unspecified atom stereocenters. The average molecular weight is 229 g/mol. The Bertz CT molecular complexity index is 512. The van der Waals surface area contributed by atoms with E-state index in [2.05, 4.69) is 43.9 Å². The molecular weight excluding hydrogens is 210 g/mol. The molecule has 90 valence electrons. The van der Waals surface area contributed by atoms with Gasteiger partial charge in [0, 0.05) is 29.9 Å². The van der Waals surface area contributed by atoms with Crippen LogP contribution >= 0.6 is 0 Å². The van der Waals surface area contributed by atoms with Crippen molar-refractivity contribution < 1.29 is 4.79 Å². The van der Waals surface area contributed by atoms with Crippen molar-refractivity contribution in [3.05, 3.63) is 41.1 Å². The predicted molar refractivity (Wildman–Crippen MR) is 71.4 cm³/mol. The number of fused-ring (bicyclic) bond motifs is 1. The SMILES string of the molecule is CC(=O)C=C1N(C)c2ccc(C)cc2C1(C)C. The van der Waals surface area contributed by atoms with Crippen molar-refractivity contribution in [3.63, 3.8) is 0 Å². The fourth-order valence-electron chi connectivity index (χ4n) is 2.60. The lowest BCUT2D eigenvalue weighted by Crippen LogP contribution is -2.23. The van der Waals surface area contributed by atoms with E-state index < -0.39 is 0 Å². The Morgan fingerprint density at radius 2 is 2.00 bits per heavy atom. The van der Waals surface area contributed by atoms with Crippen molar-refractivity contribution in [2.45, 2.75) is 33.1 Å². The summed E-state index contributed by atoms with van der Waals surface area (Å²) in [6.45, 7) is 8.04. The number of benzene rings is 1. The van der Waals surface area contributed by atoms with Crippen LogP contribution in [0.5, 0.6) is 0 Å². The molecule has 2 nitrogen and oxygen atoms in total. The molecule has 0 spiro atoms. The van der Waals surface area contributed by atoms with Crippen LogP contribution in [0.1, 0.15) is 31.9 Å². The Morgan fingerprint density at radius 1 is 1.35 bits per heavy atom. The lowest BCUT2D eigenvalue weighted by molar-refractivity contribution is -0.112. The van der Waals surface area contributed by atoms with Crippen molar-refractivity contribution in [1.29, 1.82) is 0 Å². The molecule has 0 saturated carbocycles. The molecule has 1 aromatic carbocycles. The second-order valence-corrected chi connectivity index (χ2v) is 5.34. The minimum absolute atomic E-state index is 0.0955. The first-order valence-electron chi connectivity index (χ1n) is 5.91. The van der Waals surface area contributed by atoms with E-state index in [1.54, 1.807) is 13.0 Å². The maximum Gasteiger partial charge on any atom is 0.154 e. The zero-order valence-corrected chi connectivity index (χ0v) is 11.2. The van der Waals surface area contributed by atoms with Gasteiger partial charge in [-0.1, -0.05) is 31.5 Å². The van der Waals surface area contributed by atoms with Gasteiger partial charge >= 0.3 is 0 Å². The van der Waals surface area contributed by atoms with Gasteiger partial charge in [0.15, 0.2) is 5.78 Å². The fourth-order valence-corrected chi connectivity index (χ4v) is 2.60. The molecule has 1 heterocycles. The first kappa shape index (κ1) is 11.9. The molecule has 17 heavy (non-hydrogen) atoms. The third-order valence-corrected chi connectivity index (χ3v) is 3.53. The van der Waals surface area contributed by atoms with Crippen LogP contribution in [0.2, 0.25) is 0 Å². The van der Waals surface area contributed by atoms with Gasteiger partial charge in [-0.3, -0.25) is 4.79 Å². The van der Waals surface area contributed by atoms with Crippen LogP contribution in [0, 0.1) is 6.92 Å². The maximum absolute atomic E-state index is 11.3. The summed E-state index contributed by atoms with van der Waals surface area (Å²) in [5, 5.41) is 0. The van der Waals surface area contributed by atoms with Crippen molar-refractivity contribution in [3.8, 4) is 0 Å². The zero-order valence-electron chi connectivity index (χ0n) is 11.2. The van der Waals surface area contributed by atoms with Crippen LogP contribution in [0.15, 0.2) is 30.0 Å². The first-order valence-corrected chi connectivity index (χ1v) is 5.91. The zero-order chi connectivity index (χ0) is 12.8. The van der Waals surface area contributed by atoms with Crippen LogP contribution in [0.4, 0.5) is 5.69 Å². The number of aryl methyl sites for hydroxylation is 1. The van der Waals surface area contributed by atoms with Gasteiger partial charge < -0.3 is 4.90 Å². The second kappa shape index (κ2) is 3.73. The highest BCUT2D eigenvalue weighted by atomic mass is 16.1. The second-order valence-electron chi connectivity index (χ2n) is 5.34. The summed E-state index contributed by atoms with van der Waals surface area (Å²) < 4.78 is 0. The lowest BCUT2D eigenvalue weighted by atomic mass is 9.83. The number of hydrogen-bond donors (Lipinski definition) is 0. The highest BCUT2D eigenvalue weighted by molar-refractivity contribution is 5.90. The summed E-state index contributed by atoms with van der Waals surface area (Å²) in [5.41, 5.74) is 4.74. The molecular formula is C15H19NO. The Balaban J connectivity index is 2.64. The van der Waals surface area contributed by atoms with Gasteiger partial charge in [0.25, 0.3) is 0 Å². The first-order chi connectivity index (χ1) is 7.84. The molecule has 1 aliphatic heterocycles. The van der Waals surface area contributed by atoms with E-state index in [9.17, 15) is 4.79 Å². The maximum atomic E-state index is 11.3. The third-order valence-electron chi connectivity index (χ3n) is 3.53. The molecule has 0 fully saturated rings. The molecule has 0 atom stereocenters. The van der Waals surface area contributed by atoms with Gasteiger partial charge in [0.05, 0.1) is 0 Å². The molecule has 1 aliphatic rings. The Hall–Kier alpha value is -1.57. The summed E-state index contributed by atoms with van der Waals surface area (Å²) in [6.07, 6.45) is 1.75. The quantitative estimate of drug-likeness (QED) is 0.689. The predicted octanol–water partition coefficient (Wildman–Crippen LogP) is 3.20. The Kier molecular flexibility index (Phi) is 2.61. The van der Waals surface area contributed by atoms with Gasteiger partial charge in [-0.05, 0) is 25.5 Å². The molecule has 0 aliphatic carbocycles. The number of ketones is 1. The standard InChI is InChI=1S/C15H19NO/c1-10-6-7-13-12(8-10)15(3,4)14(16(13)5)9-11(2)17/h6-9H,1-5H3. The number of nitrogens with zero attached hydrogens (tertiary/aromatic N) is 1. The topological polar surface area (TPSA) is 20.3 Å². The van der Waals surface area contributed by atoms with E-state index in [4.69, 9.17) is 0 Å². The summed E-state index contributed by atoms with van der Waals surface area (Å²) in [4.78, 5) is 13.5. The number of rotatable bonds is 1. The minimum Gasteiger partial charge on any atom is -0.347 e. The van der Waals surface area contributed by atoms with E-state index in [1.165, 1.54) is 16.8 Å². The van der Waals surface area contributed by atoms with Gasteiger partial charge in [-0.15, -0.1) is 0 Å². The summed E-state index contributed by atoms with van der Waals surface area (Å²) in [5.74, 6) is 0.101. The van der Waals surface area contributed by atoms with Gasteiger partial charge in [0.2, 0.25) is 0 Å². The van der Waals surface area contributed by atoms with E-state index in [1.807, 2.05) is 7.05 Å². The Morgan fingerprint density at radius 3 is 2.59 bits per heavy atom. The van der Waals surface area contributed by atoms with Crippen LogP contribution in [-0.4, -0.2) is 12.8 Å².